The molecule has 0 bridgehead atoms. The lowest BCUT2D eigenvalue weighted by atomic mass is 9.70. The Bertz CT molecular complexity index is 1060. The van der Waals surface area contributed by atoms with Crippen LogP contribution in [0.3, 0.4) is 0 Å². The fourth-order valence-electron chi connectivity index (χ4n) is 4.16. The highest BCUT2D eigenvalue weighted by Crippen LogP contribution is 2.39. The van der Waals surface area contributed by atoms with Gasteiger partial charge in [-0.1, -0.05) is 30.9 Å². The minimum absolute atomic E-state index is 0.280. The average molecular weight is 437 g/mol. The number of amides is 1. The van der Waals surface area contributed by atoms with E-state index >= 15 is 0 Å². The van der Waals surface area contributed by atoms with Gasteiger partial charge in [-0.15, -0.1) is 0 Å². The number of H-pyrrole nitrogens is 1. The molecule has 2 heterocycles. The summed E-state index contributed by atoms with van der Waals surface area (Å²) >= 11 is 6.40. The zero-order valence-electron chi connectivity index (χ0n) is 16.0. The van der Waals surface area contributed by atoms with Gasteiger partial charge in [0.2, 0.25) is 5.82 Å². The van der Waals surface area contributed by atoms with Gasteiger partial charge in [0, 0.05) is 41.5 Å². The number of nitrogens with one attached hydrogen (secondary N) is 2. The maximum atomic E-state index is 12.8. The lowest BCUT2D eigenvalue weighted by Crippen LogP contribution is -2.42. The zero-order valence-corrected chi connectivity index (χ0v) is 16.8. The van der Waals surface area contributed by atoms with Crippen molar-refractivity contribution in [2.24, 2.45) is 0 Å². The number of halogens is 4. The molecule has 1 saturated carbocycles. The Morgan fingerprint density at radius 2 is 1.83 bits per heavy atom. The monoisotopic (exact) mass is 436 g/mol. The third-order valence-corrected chi connectivity index (χ3v) is 6.24. The summed E-state index contributed by atoms with van der Waals surface area (Å²) in [6, 6.07) is 5.25. The molecule has 1 aliphatic carbocycles. The Labute approximate surface area is 176 Å². The molecule has 0 atom stereocenters. The normalized spacial score (nSPS) is 16.5. The van der Waals surface area contributed by atoms with Crippen molar-refractivity contribution in [3.05, 3.63) is 58.8 Å². The van der Waals surface area contributed by atoms with Crippen LogP contribution in [0.4, 0.5) is 13.2 Å². The molecule has 5 nitrogen and oxygen atoms in total. The number of carbonyl (C=O) groups is 1. The lowest BCUT2D eigenvalue weighted by Gasteiger charge is -2.37. The van der Waals surface area contributed by atoms with Crippen molar-refractivity contribution in [3.8, 4) is 0 Å². The Morgan fingerprint density at radius 3 is 2.50 bits per heavy atom. The van der Waals surface area contributed by atoms with Crippen molar-refractivity contribution < 1.29 is 18.0 Å². The zero-order chi connectivity index (χ0) is 21.4. The van der Waals surface area contributed by atoms with Crippen LogP contribution in [0, 0.1) is 0 Å². The summed E-state index contributed by atoms with van der Waals surface area (Å²) in [6.07, 6.45) is 4.03. The van der Waals surface area contributed by atoms with E-state index in [1.165, 1.54) is 12.4 Å². The van der Waals surface area contributed by atoms with E-state index in [1.54, 1.807) is 24.4 Å². The molecule has 0 aliphatic heterocycles. The number of nitrogens with zero attached hydrogens (tertiary/aromatic N) is 2. The molecular weight excluding hydrogens is 417 g/mol. The van der Waals surface area contributed by atoms with Crippen molar-refractivity contribution in [1.29, 1.82) is 0 Å². The van der Waals surface area contributed by atoms with Gasteiger partial charge < -0.3 is 10.3 Å². The smallest absolute Gasteiger partial charge is 0.361 e. The molecule has 1 amide bonds. The third kappa shape index (κ3) is 3.88. The average Bonchev–Trinajstić information content (AvgIpc) is 3.22. The fraction of sp³-hybridized carbons (Fsp3) is 0.381. The van der Waals surface area contributed by atoms with E-state index in [9.17, 15) is 18.0 Å². The number of fused-ring (bicyclic) bond motifs is 1. The Kier molecular flexibility index (Phi) is 5.44. The van der Waals surface area contributed by atoms with Crippen molar-refractivity contribution in [2.45, 2.75) is 43.7 Å². The van der Waals surface area contributed by atoms with Gasteiger partial charge in [-0.2, -0.15) is 13.2 Å². The first-order valence-corrected chi connectivity index (χ1v) is 10.1. The van der Waals surface area contributed by atoms with Crippen LogP contribution in [0.1, 0.15) is 53.8 Å². The highest BCUT2D eigenvalue weighted by atomic mass is 35.5. The second-order valence-corrected chi connectivity index (χ2v) is 8.06. The van der Waals surface area contributed by atoms with Gasteiger partial charge in [0.25, 0.3) is 5.91 Å². The topological polar surface area (TPSA) is 70.7 Å². The first kappa shape index (κ1) is 20.7. The Hall–Kier alpha value is -2.61. The number of carbonyl (C=O) groups excluding carboxylic acids is 1. The maximum Gasteiger partial charge on any atom is 0.451 e. The first-order chi connectivity index (χ1) is 14.3. The predicted molar refractivity (Wildman–Crippen MR) is 107 cm³/mol. The summed E-state index contributed by atoms with van der Waals surface area (Å²) in [5, 5.41) is 4.06. The number of rotatable bonds is 4. The van der Waals surface area contributed by atoms with Crippen LogP contribution in [-0.2, 0) is 11.6 Å². The van der Waals surface area contributed by atoms with Gasteiger partial charge in [0.15, 0.2) is 0 Å². The molecule has 1 aliphatic rings. The number of aromatic nitrogens is 3. The second-order valence-electron chi connectivity index (χ2n) is 7.68. The minimum atomic E-state index is -4.58. The third-order valence-electron chi connectivity index (χ3n) is 5.83. The van der Waals surface area contributed by atoms with Gasteiger partial charge in [0.05, 0.1) is 10.6 Å². The van der Waals surface area contributed by atoms with Crippen LogP contribution in [0.15, 0.2) is 36.8 Å². The van der Waals surface area contributed by atoms with Crippen molar-refractivity contribution in [2.75, 3.05) is 6.54 Å². The van der Waals surface area contributed by atoms with Crippen LogP contribution in [0.25, 0.3) is 10.9 Å². The molecule has 158 valence electrons. The SMILES string of the molecule is O=C(NCC1(c2cnc(C(F)(F)F)nc2)CCCCC1)c1ccc2[nH]ccc2c1Cl. The number of benzene rings is 1. The summed E-state index contributed by atoms with van der Waals surface area (Å²) in [6.45, 7) is 0.280. The number of hydrogen-bond acceptors (Lipinski definition) is 3. The highest BCUT2D eigenvalue weighted by molar-refractivity contribution is 6.38. The van der Waals surface area contributed by atoms with Crippen LogP contribution < -0.4 is 5.32 Å². The molecule has 0 spiro atoms. The maximum absolute atomic E-state index is 12.8. The van der Waals surface area contributed by atoms with E-state index in [4.69, 9.17) is 11.6 Å². The van der Waals surface area contributed by atoms with Crippen LogP contribution in [-0.4, -0.2) is 27.4 Å². The first-order valence-electron chi connectivity index (χ1n) is 9.74. The molecule has 0 radical (unpaired) electrons. The van der Waals surface area contributed by atoms with Gasteiger partial charge in [0.1, 0.15) is 0 Å². The van der Waals surface area contributed by atoms with E-state index in [-0.39, 0.29) is 12.5 Å². The van der Waals surface area contributed by atoms with Crippen molar-refractivity contribution >= 4 is 28.4 Å². The van der Waals surface area contributed by atoms with Gasteiger partial charge in [-0.3, -0.25) is 4.79 Å². The van der Waals surface area contributed by atoms with Crippen LogP contribution >= 0.6 is 11.6 Å². The summed E-state index contributed by atoms with van der Waals surface area (Å²) in [4.78, 5) is 22.9. The summed E-state index contributed by atoms with van der Waals surface area (Å²) in [7, 11) is 0. The summed E-state index contributed by atoms with van der Waals surface area (Å²) in [5.41, 5.74) is 1.31. The second kappa shape index (κ2) is 7.91. The summed E-state index contributed by atoms with van der Waals surface area (Å²) < 4.78 is 38.5. The fourth-order valence-corrected chi connectivity index (χ4v) is 4.47. The number of aromatic amines is 1. The van der Waals surface area contributed by atoms with Crippen LogP contribution in [0.5, 0.6) is 0 Å². The molecule has 0 saturated heterocycles. The highest BCUT2D eigenvalue weighted by Gasteiger charge is 2.38. The van der Waals surface area contributed by atoms with E-state index in [1.807, 2.05) is 0 Å². The minimum Gasteiger partial charge on any atom is -0.361 e. The van der Waals surface area contributed by atoms with Crippen molar-refractivity contribution in [3.63, 3.8) is 0 Å². The van der Waals surface area contributed by atoms with Gasteiger partial charge in [-0.05, 0) is 36.6 Å². The van der Waals surface area contributed by atoms with E-state index in [0.717, 1.165) is 43.0 Å². The molecule has 1 fully saturated rings. The molecule has 0 unspecified atom stereocenters. The van der Waals surface area contributed by atoms with E-state index < -0.39 is 17.4 Å². The molecule has 3 aromatic rings. The van der Waals surface area contributed by atoms with Gasteiger partial charge >= 0.3 is 6.18 Å². The Morgan fingerprint density at radius 1 is 1.13 bits per heavy atom. The molecule has 30 heavy (non-hydrogen) atoms. The molecule has 9 heteroatoms. The van der Waals surface area contributed by atoms with Crippen molar-refractivity contribution in [1.82, 2.24) is 20.3 Å². The molecule has 1 aromatic carbocycles. The number of hydrogen-bond donors (Lipinski definition) is 2. The molecule has 2 aromatic heterocycles. The quantitative estimate of drug-likeness (QED) is 0.586. The summed E-state index contributed by atoms with van der Waals surface area (Å²) in [5.74, 6) is -1.48. The number of alkyl halides is 3. The molecule has 2 N–H and O–H groups in total. The molecular formula is C21H20ClF3N4O. The largest absolute Gasteiger partial charge is 0.451 e. The molecule has 4 rings (SSSR count). The van der Waals surface area contributed by atoms with Gasteiger partial charge in [-0.25, -0.2) is 9.97 Å². The standard InChI is InChI=1S/C21H20ClF3N4O/c22-17-14-6-9-26-16(14)5-4-15(17)18(30)29-12-20(7-2-1-3-8-20)13-10-27-19(28-11-13)21(23,24)25/h4-6,9-11,26H,1-3,7-8,12H2,(H,29,30). The van der Waals surface area contributed by atoms with Crippen LogP contribution in [0.2, 0.25) is 5.02 Å². The lowest BCUT2D eigenvalue weighted by molar-refractivity contribution is -0.145. The van der Waals surface area contributed by atoms with E-state index in [0.29, 0.717) is 16.1 Å². The van der Waals surface area contributed by atoms with E-state index in [2.05, 4.69) is 20.3 Å². The Balaban J connectivity index is 1.57. The predicted octanol–water partition coefficient (Wildman–Crippen LogP) is 5.26.